The van der Waals surface area contributed by atoms with Gasteiger partial charge in [-0.15, -0.1) is 11.3 Å². The van der Waals surface area contributed by atoms with E-state index < -0.39 is 38.2 Å². The third kappa shape index (κ3) is 3.64. The lowest BCUT2D eigenvalue weighted by Crippen LogP contribution is -2.13. The van der Waals surface area contributed by atoms with Gasteiger partial charge in [0.2, 0.25) is 0 Å². The van der Waals surface area contributed by atoms with E-state index in [2.05, 4.69) is 9.71 Å². The van der Waals surface area contributed by atoms with Gasteiger partial charge >= 0.3 is 0 Å². The fraction of sp³-hybridized carbons (Fsp3) is 0. The van der Waals surface area contributed by atoms with Crippen LogP contribution >= 0.6 is 11.3 Å². The first-order valence-electron chi connectivity index (χ1n) is 6.65. The molecule has 130 valence electrons. The molecule has 0 saturated carbocycles. The number of aromatic nitrogens is 1. The molecular weight excluding hydrogens is 380 g/mol. The van der Waals surface area contributed by atoms with Crippen LogP contribution in [0.2, 0.25) is 0 Å². The van der Waals surface area contributed by atoms with Crippen LogP contribution in [-0.4, -0.2) is 13.4 Å². The van der Waals surface area contributed by atoms with Gasteiger partial charge in [0.05, 0.1) is 10.6 Å². The highest BCUT2D eigenvalue weighted by Crippen LogP contribution is 2.27. The monoisotopic (exact) mass is 388 g/mol. The van der Waals surface area contributed by atoms with Crippen molar-refractivity contribution in [2.45, 2.75) is 4.90 Å². The fourth-order valence-corrected chi connectivity index (χ4v) is 3.91. The Kier molecular flexibility index (Phi) is 4.48. The smallest absolute Gasteiger partial charge is 0.255 e. The van der Waals surface area contributed by atoms with Crippen LogP contribution in [0.5, 0.6) is 0 Å². The molecular formula is C15H8F4N2O2S2. The van der Waals surface area contributed by atoms with Gasteiger partial charge in [0.25, 0.3) is 10.0 Å². The molecule has 3 rings (SSSR count). The molecule has 0 aliphatic carbocycles. The molecule has 10 heteroatoms. The van der Waals surface area contributed by atoms with Gasteiger partial charge in [-0.25, -0.2) is 31.0 Å². The Labute approximate surface area is 143 Å². The maximum atomic E-state index is 13.3. The Morgan fingerprint density at radius 2 is 1.52 bits per heavy atom. The van der Waals surface area contributed by atoms with Crippen LogP contribution in [0.1, 0.15) is 0 Å². The number of hydrogen-bond acceptors (Lipinski definition) is 4. The van der Waals surface area contributed by atoms with E-state index in [1.54, 1.807) is 0 Å². The topological polar surface area (TPSA) is 59.1 Å². The average molecular weight is 388 g/mol. The molecule has 0 aliphatic rings. The summed E-state index contributed by atoms with van der Waals surface area (Å²) >= 11 is 0.898. The normalized spacial score (nSPS) is 11.5. The van der Waals surface area contributed by atoms with Crippen molar-refractivity contribution in [2.24, 2.45) is 0 Å². The fourth-order valence-electron chi connectivity index (χ4n) is 1.93. The molecule has 4 nitrogen and oxygen atoms in total. The molecule has 0 aliphatic heterocycles. The van der Waals surface area contributed by atoms with Crippen LogP contribution in [0.3, 0.4) is 0 Å². The molecule has 0 atom stereocenters. The first-order chi connectivity index (χ1) is 11.8. The number of hydrogen-bond donors (Lipinski definition) is 1. The summed E-state index contributed by atoms with van der Waals surface area (Å²) in [6.07, 6.45) is 0. The van der Waals surface area contributed by atoms with Crippen molar-refractivity contribution in [1.29, 1.82) is 0 Å². The molecule has 1 heterocycles. The molecule has 1 N–H and O–H groups in total. The predicted molar refractivity (Wildman–Crippen MR) is 84.6 cm³/mol. The van der Waals surface area contributed by atoms with Gasteiger partial charge in [0, 0.05) is 10.9 Å². The minimum Gasteiger partial charge on any atom is -0.255 e. The number of nitrogens with one attached hydrogen (secondary N) is 1. The first-order valence-corrected chi connectivity index (χ1v) is 9.01. The minimum absolute atomic E-state index is 0.0653. The van der Waals surface area contributed by atoms with E-state index >= 15 is 0 Å². The number of rotatable bonds is 4. The first kappa shape index (κ1) is 17.4. The van der Waals surface area contributed by atoms with Gasteiger partial charge in [0.15, 0.2) is 28.4 Å². The summed E-state index contributed by atoms with van der Waals surface area (Å²) in [5, 5.41) is 1.37. The highest BCUT2D eigenvalue weighted by molar-refractivity contribution is 7.93. The number of nitrogens with zero attached hydrogens (tertiary/aromatic N) is 1. The summed E-state index contributed by atoms with van der Waals surface area (Å²) in [5.41, 5.74) is 0.486. The van der Waals surface area contributed by atoms with Gasteiger partial charge in [-0.1, -0.05) is 0 Å². The molecule has 0 unspecified atom stereocenters. The highest BCUT2D eigenvalue weighted by Gasteiger charge is 2.19. The predicted octanol–water partition coefficient (Wildman–Crippen LogP) is 4.17. The van der Waals surface area contributed by atoms with E-state index in [0.29, 0.717) is 12.1 Å². The molecule has 3 aromatic rings. The van der Waals surface area contributed by atoms with Gasteiger partial charge in [-0.2, -0.15) is 0 Å². The lowest BCUT2D eigenvalue weighted by molar-refractivity contribution is 0.504. The molecule has 0 amide bonds. The van der Waals surface area contributed by atoms with Crippen LogP contribution < -0.4 is 4.72 Å². The average Bonchev–Trinajstić information content (AvgIpc) is 3.00. The van der Waals surface area contributed by atoms with Crippen molar-refractivity contribution in [2.75, 3.05) is 4.72 Å². The summed E-state index contributed by atoms with van der Waals surface area (Å²) < 4.78 is 78.8. The zero-order valence-electron chi connectivity index (χ0n) is 12.1. The van der Waals surface area contributed by atoms with Crippen LogP contribution in [0.25, 0.3) is 11.3 Å². The van der Waals surface area contributed by atoms with E-state index in [9.17, 15) is 26.0 Å². The van der Waals surface area contributed by atoms with E-state index in [1.165, 1.54) is 11.4 Å². The molecule has 0 saturated heterocycles. The maximum Gasteiger partial charge on any atom is 0.263 e. The zero-order chi connectivity index (χ0) is 18.2. The van der Waals surface area contributed by atoms with Gasteiger partial charge in [-0.3, -0.25) is 4.72 Å². The second-order valence-electron chi connectivity index (χ2n) is 4.85. The van der Waals surface area contributed by atoms with Crippen molar-refractivity contribution >= 4 is 26.5 Å². The molecule has 0 fully saturated rings. The van der Waals surface area contributed by atoms with Crippen molar-refractivity contribution in [3.63, 3.8) is 0 Å². The molecule has 1 aromatic heterocycles. The van der Waals surface area contributed by atoms with E-state index in [0.717, 1.165) is 29.5 Å². The quantitative estimate of drug-likeness (QED) is 0.683. The molecule has 0 radical (unpaired) electrons. The molecule has 0 bridgehead atoms. The third-order valence-corrected chi connectivity index (χ3v) is 5.37. The zero-order valence-corrected chi connectivity index (χ0v) is 13.8. The standard InChI is InChI=1S/C15H8F4N2O2S2/c16-10-3-1-8(5-12(10)18)14-7-24-15(20-14)21-25(22,23)9-2-4-11(17)13(19)6-9/h1-7H,(H,20,21). The second-order valence-corrected chi connectivity index (χ2v) is 7.39. The summed E-state index contributed by atoms with van der Waals surface area (Å²) in [5.74, 6) is -4.55. The SMILES string of the molecule is O=S(=O)(Nc1nc(-c2ccc(F)c(F)c2)cs1)c1ccc(F)c(F)c1. The van der Waals surface area contributed by atoms with E-state index in [4.69, 9.17) is 0 Å². The summed E-state index contributed by atoms with van der Waals surface area (Å²) in [6.45, 7) is 0. The number of benzene rings is 2. The van der Waals surface area contributed by atoms with Crippen molar-refractivity contribution in [3.8, 4) is 11.3 Å². The van der Waals surface area contributed by atoms with Crippen LogP contribution in [-0.2, 0) is 10.0 Å². The Morgan fingerprint density at radius 3 is 2.16 bits per heavy atom. The van der Waals surface area contributed by atoms with Crippen LogP contribution in [0, 0.1) is 23.3 Å². The van der Waals surface area contributed by atoms with Gasteiger partial charge in [0.1, 0.15) is 0 Å². The van der Waals surface area contributed by atoms with E-state index in [-0.39, 0.29) is 16.4 Å². The number of thiazole rings is 1. The lowest BCUT2D eigenvalue weighted by Gasteiger charge is -2.05. The van der Waals surface area contributed by atoms with Crippen molar-refractivity contribution < 1.29 is 26.0 Å². The Bertz CT molecular complexity index is 1050. The molecule has 2 aromatic carbocycles. The molecule has 25 heavy (non-hydrogen) atoms. The Balaban J connectivity index is 1.87. The lowest BCUT2D eigenvalue weighted by atomic mass is 10.2. The number of anilines is 1. The summed E-state index contributed by atoms with van der Waals surface area (Å²) in [6, 6.07) is 5.29. The number of halogens is 4. The Morgan fingerprint density at radius 1 is 0.880 bits per heavy atom. The van der Waals surface area contributed by atoms with Crippen molar-refractivity contribution in [3.05, 3.63) is 65.0 Å². The number of sulfonamides is 1. The van der Waals surface area contributed by atoms with Crippen molar-refractivity contribution in [1.82, 2.24) is 4.98 Å². The summed E-state index contributed by atoms with van der Waals surface area (Å²) in [7, 11) is -4.18. The largest absolute Gasteiger partial charge is 0.263 e. The van der Waals surface area contributed by atoms with E-state index in [1.807, 2.05) is 0 Å². The van der Waals surface area contributed by atoms with Gasteiger partial charge in [-0.05, 0) is 36.4 Å². The maximum absolute atomic E-state index is 13.3. The summed E-state index contributed by atoms with van der Waals surface area (Å²) in [4.78, 5) is 3.50. The Hall–Kier alpha value is -2.46. The minimum atomic E-state index is -4.18. The molecule has 0 spiro atoms. The second kappa shape index (κ2) is 6.45. The third-order valence-electron chi connectivity index (χ3n) is 3.14. The highest BCUT2D eigenvalue weighted by atomic mass is 32.2. The van der Waals surface area contributed by atoms with Gasteiger partial charge < -0.3 is 0 Å². The van der Waals surface area contributed by atoms with Crippen LogP contribution in [0.15, 0.2) is 46.7 Å². The van der Waals surface area contributed by atoms with Crippen LogP contribution in [0.4, 0.5) is 22.7 Å².